The van der Waals surface area contributed by atoms with Crippen LogP contribution < -0.4 is 5.73 Å². The third-order valence-corrected chi connectivity index (χ3v) is 3.58. The van der Waals surface area contributed by atoms with Crippen molar-refractivity contribution in [3.63, 3.8) is 0 Å². The van der Waals surface area contributed by atoms with E-state index in [0.717, 1.165) is 12.5 Å². The first-order valence-corrected chi connectivity index (χ1v) is 6.79. The Bertz CT molecular complexity index is 137. The van der Waals surface area contributed by atoms with Gasteiger partial charge in [-0.1, -0.05) is 26.2 Å². The van der Waals surface area contributed by atoms with Crippen molar-refractivity contribution in [1.29, 1.82) is 0 Å². The maximum absolute atomic E-state index is 5.49. The topological polar surface area (TPSA) is 29.3 Å². The van der Waals surface area contributed by atoms with Crippen molar-refractivity contribution in [2.75, 3.05) is 26.2 Å². The molecule has 1 aliphatic heterocycles. The Balaban J connectivity index is 1.99. The number of piperidine rings is 1. The number of likely N-dealkylation sites (tertiary alicyclic amines) is 1. The summed E-state index contributed by atoms with van der Waals surface area (Å²) in [6.45, 7) is 7.15. The molecule has 1 rings (SSSR count). The number of unbranched alkanes of at least 4 members (excludes halogenated alkanes) is 2. The number of hydrogen-bond acceptors (Lipinski definition) is 2. The highest BCUT2D eigenvalue weighted by Crippen LogP contribution is 2.21. The summed E-state index contributed by atoms with van der Waals surface area (Å²) < 4.78 is 0. The summed E-state index contributed by atoms with van der Waals surface area (Å²) in [7, 11) is 0. The predicted octanol–water partition coefficient (Wildman–Crippen LogP) is 2.63. The SMILES string of the molecule is CCCC1CCN(CCCCCN)CC1. The van der Waals surface area contributed by atoms with Gasteiger partial charge >= 0.3 is 0 Å². The van der Waals surface area contributed by atoms with E-state index in [1.807, 2.05) is 0 Å². The maximum Gasteiger partial charge on any atom is -0.00161 e. The van der Waals surface area contributed by atoms with Gasteiger partial charge < -0.3 is 10.6 Å². The van der Waals surface area contributed by atoms with Crippen LogP contribution in [-0.2, 0) is 0 Å². The van der Waals surface area contributed by atoms with E-state index < -0.39 is 0 Å². The van der Waals surface area contributed by atoms with Crippen LogP contribution in [0.4, 0.5) is 0 Å². The minimum Gasteiger partial charge on any atom is -0.330 e. The molecule has 2 N–H and O–H groups in total. The van der Waals surface area contributed by atoms with E-state index >= 15 is 0 Å². The van der Waals surface area contributed by atoms with Gasteiger partial charge in [0.05, 0.1) is 0 Å². The quantitative estimate of drug-likeness (QED) is 0.657. The first kappa shape index (κ1) is 13.0. The minimum atomic E-state index is 0.860. The monoisotopic (exact) mass is 212 g/mol. The average molecular weight is 212 g/mol. The fourth-order valence-corrected chi connectivity index (χ4v) is 2.56. The number of hydrogen-bond donors (Lipinski definition) is 1. The molecule has 0 spiro atoms. The summed E-state index contributed by atoms with van der Waals surface area (Å²) in [6.07, 6.45) is 9.53. The molecule has 2 heteroatoms. The Morgan fingerprint density at radius 1 is 1.13 bits per heavy atom. The normalized spacial score (nSPS) is 19.6. The molecular formula is C13H28N2. The standard InChI is InChI=1S/C13H28N2/c1-2-6-13-7-11-15(12-8-13)10-5-3-4-9-14/h13H,2-12,14H2,1H3. The van der Waals surface area contributed by atoms with Crippen LogP contribution in [0.1, 0.15) is 51.9 Å². The second-order valence-electron chi connectivity index (χ2n) is 4.92. The summed E-state index contributed by atoms with van der Waals surface area (Å²) in [5.74, 6) is 1.02. The molecule has 2 nitrogen and oxygen atoms in total. The van der Waals surface area contributed by atoms with Crippen molar-refractivity contribution < 1.29 is 0 Å². The van der Waals surface area contributed by atoms with E-state index in [-0.39, 0.29) is 0 Å². The molecule has 1 saturated heterocycles. The molecule has 90 valence electrons. The lowest BCUT2D eigenvalue weighted by atomic mass is 9.92. The zero-order valence-corrected chi connectivity index (χ0v) is 10.4. The summed E-state index contributed by atoms with van der Waals surface area (Å²) in [4.78, 5) is 2.64. The smallest absolute Gasteiger partial charge is 0.00161 e. The third kappa shape index (κ3) is 5.53. The summed E-state index contributed by atoms with van der Waals surface area (Å²) >= 11 is 0. The van der Waals surface area contributed by atoms with E-state index in [9.17, 15) is 0 Å². The molecule has 0 unspecified atom stereocenters. The van der Waals surface area contributed by atoms with E-state index in [0.29, 0.717) is 0 Å². The second-order valence-corrected chi connectivity index (χ2v) is 4.92. The largest absolute Gasteiger partial charge is 0.330 e. The van der Waals surface area contributed by atoms with E-state index in [1.54, 1.807) is 0 Å². The molecule has 0 bridgehead atoms. The van der Waals surface area contributed by atoms with Gasteiger partial charge in [-0.15, -0.1) is 0 Å². The minimum absolute atomic E-state index is 0.860. The maximum atomic E-state index is 5.49. The van der Waals surface area contributed by atoms with Crippen LogP contribution in [0.25, 0.3) is 0 Å². The molecule has 0 aromatic heterocycles. The van der Waals surface area contributed by atoms with Crippen LogP contribution in [0.2, 0.25) is 0 Å². The average Bonchev–Trinajstić information content (AvgIpc) is 2.27. The van der Waals surface area contributed by atoms with E-state index in [4.69, 9.17) is 5.73 Å². The van der Waals surface area contributed by atoms with Crippen LogP contribution in [0, 0.1) is 5.92 Å². The van der Waals surface area contributed by atoms with Gasteiger partial charge in [-0.25, -0.2) is 0 Å². The molecule has 0 aromatic carbocycles. The fraction of sp³-hybridized carbons (Fsp3) is 1.00. The van der Waals surface area contributed by atoms with Crippen LogP contribution in [0.5, 0.6) is 0 Å². The van der Waals surface area contributed by atoms with Gasteiger partial charge in [-0.2, -0.15) is 0 Å². The Labute approximate surface area is 95.2 Å². The lowest BCUT2D eigenvalue weighted by Crippen LogP contribution is -2.34. The summed E-state index contributed by atoms with van der Waals surface area (Å²) in [5.41, 5.74) is 5.49. The lowest BCUT2D eigenvalue weighted by Gasteiger charge is -2.31. The van der Waals surface area contributed by atoms with Gasteiger partial charge in [0.15, 0.2) is 0 Å². The summed E-state index contributed by atoms with van der Waals surface area (Å²) in [5, 5.41) is 0. The van der Waals surface area contributed by atoms with Crippen LogP contribution in [0.15, 0.2) is 0 Å². The molecule has 15 heavy (non-hydrogen) atoms. The van der Waals surface area contributed by atoms with Gasteiger partial charge in [0, 0.05) is 0 Å². The van der Waals surface area contributed by atoms with Crippen molar-refractivity contribution in [3.05, 3.63) is 0 Å². The second kappa shape index (κ2) is 8.12. The van der Waals surface area contributed by atoms with Crippen molar-refractivity contribution in [2.24, 2.45) is 11.7 Å². The number of nitrogens with two attached hydrogens (primary N) is 1. The fourth-order valence-electron chi connectivity index (χ4n) is 2.56. The van der Waals surface area contributed by atoms with E-state index in [2.05, 4.69) is 11.8 Å². The van der Waals surface area contributed by atoms with Crippen molar-refractivity contribution in [1.82, 2.24) is 4.90 Å². The third-order valence-electron chi connectivity index (χ3n) is 3.58. The molecule has 0 saturated carbocycles. The van der Waals surface area contributed by atoms with Crippen molar-refractivity contribution in [2.45, 2.75) is 51.9 Å². The Morgan fingerprint density at radius 2 is 1.87 bits per heavy atom. The highest BCUT2D eigenvalue weighted by molar-refractivity contribution is 4.71. The molecule has 0 aromatic rings. The first-order chi connectivity index (χ1) is 7.36. The van der Waals surface area contributed by atoms with Crippen LogP contribution in [0.3, 0.4) is 0 Å². The Kier molecular flexibility index (Phi) is 7.03. The first-order valence-electron chi connectivity index (χ1n) is 6.79. The number of rotatable bonds is 7. The highest BCUT2D eigenvalue weighted by atomic mass is 15.1. The van der Waals surface area contributed by atoms with Gasteiger partial charge in [0.2, 0.25) is 0 Å². The Morgan fingerprint density at radius 3 is 2.47 bits per heavy atom. The van der Waals surface area contributed by atoms with Gasteiger partial charge in [0.25, 0.3) is 0 Å². The van der Waals surface area contributed by atoms with Crippen molar-refractivity contribution >= 4 is 0 Å². The van der Waals surface area contributed by atoms with Gasteiger partial charge in [-0.3, -0.25) is 0 Å². The molecule has 0 atom stereocenters. The molecule has 1 heterocycles. The van der Waals surface area contributed by atoms with Gasteiger partial charge in [0.1, 0.15) is 0 Å². The number of nitrogens with zero attached hydrogens (tertiary/aromatic N) is 1. The molecule has 1 fully saturated rings. The van der Waals surface area contributed by atoms with E-state index in [1.165, 1.54) is 64.6 Å². The zero-order chi connectivity index (χ0) is 10.9. The van der Waals surface area contributed by atoms with Gasteiger partial charge in [-0.05, 0) is 57.8 Å². The molecule has 1 aliphatic rings. The predicted molar refractivity (Wildman–Crippen MR) is 67.0 cm³/mol. The molecule has 0 amide bonds. The Hall–Kier alpha value is -0.0800. The van der Waals surface area contributed by atoms with Crippen LogP contribution in [-0.4, -0.2) is 31.1 Å². The molecule has 0 aliphatic carbocycles. The summed E-state index contributed by atoms with van der Waals surface area (Å²) in [6, 6.07) is 0. The molecule has 0 radical (unpaired) electrons. The van der Waals surface area contributed by atoms with Crippen molar-refractivity contribution in [3.8, 4) is 0 Å². The molecular weight excluding hydrogens is 184 g/mol. The highest BCUT2D eigenvalue weighted by Gasteiger charge is 2.17. The lowest BCUT2D eigenvalue weighted by molar-refractivity contribution is 0.176. The van der Waals surface area contributed by atoms with Crippen LogP contribution >= 0.6 is 0 Å². The zero-order valence-electron chi connectivity index (χ0n) is 10.4.